The third kappa shape index (κ3) is 2.72. The number of carbonyl (C=O) groups is 1. The summed E-state index contributed by atoms with van der Waals surface area (Å²) in [5, 5.41) is 3.37. The largest absolute Gasteiger partial charge is 0.372 e. The number of fused-ring (bicyclic) bond motifs is 1. The predicted octanol–water partition coefficient (Wildman–Crippen LogP) is 1.34. The van der Waals surface area contributed by atoms with Gasteiger partial charge in [0, 0.05) is 19.6 Å². The standard InChI is InChI=1S/C16H22N2O2/c1-11-9-18(10-12(2)20-11)16(19)15-7-13-5-3-4-6-14(13)8-17-15/h3-6,11-12,15,17H,7-10H2,1-2H3/t11?,12?,15-/m1/s1. The second-order valence-electron chi connectivity index (χ2n) is 5.91. The van der Waals surface area contributed by atoms with Crippen LogP contribution in [0.25, 0.3) is 0 Å². The fraction of sp³-hybridized carbons (Fsp3) is 0.562. The summed E-state index contributed by atoms with van der Waals surface area (Å²) in [5.74, 6) is 0.210. The topological polar surface area (TPSA) is 41.6 Å². The molecule has 0 bridgehead atoms. The third-order valence-electron chi connectivity index (χ3n) is 4.11. The van der Waals surface area contributed by atoms with Crippen molar-refractivity contribution in [2.45, 2.75) is 45.1 Å². The summed E-state index contributed by atoms with van der Waals surface area (Å²) in [6.45, 7) is 6.23. The van der Waals surface area contributed by atoms with Crippen molar-refractivity contribution >= 4 is 5.91 Å². The lowest BCUT2D eigenvalue weighted by Crippen LogP contribution is -2.55. The Morgan fingerprint density at radius 3 is 2.55 bits per heavy atom. The van der Waals surface area contributed by atoms with E-state index in [1.165, 1.54) is 11.1 Å². The van der Waals surface area contributed by atoms with Gasteiger partial charge in [-0.3, -0.25) is 4.79 Å². The zero-order valence-corrected chi connectivity index (χ0v) is 12.1. The Balaban J connectivity index is 1.69. The van der Waals surface area contributed by atoms with E-state index >= 15 is 0 Å². The van der Waals surface area contributed by atoms with E-state index in [0.29, 0.717) is 13.1 Å². The van der Waals surface area contributed by atoms with Gasteiger partial charge in [-0.25, -0.2) is 0 Å². The number of hydrogen-bond donors (Lipinski definition) is 1. The number of morpholine rings is 1. The molecule has 0 spiro atoms. The Morgan fingerprint density at radius 2 is 1.85 bits per heavy atom. The van der Waals surface area contributed by atoms with Crippen molar-refractivity contribution in [3.05, 3.63) is 35.4 Å². The molecule has 0 aromatic heterocycles. The first-order valence-electron chi connectivity index (χ1n) is 7.38. The van der Waals surface area contributed by atoms with Crippen LogP contribution in [-0.2, 0) is 22.5 Å². The molecule has 1 aromatic carbocycles. The highest BCUT2D eigenvalue weighted by atomic mass is 16.5. The van der Waals surface area contributed by atoms with Crippen LogP contribution in [0.4, 0.5) is 0 Å². The molecule has 20 heavy (non-hydrogen) atoms. The van der Waals surface area contributed by atoms with Crippen molar-refractivity contribution in [1.82, 2.24) is 10.2 Å². The minimum atomic E-state index is -0.0950. The van der Waals surface area contributed by atoms with Crippen LogP contribution in [0.1, 0.15) is 25.0 Å². The maximum atomic E-state index is 12.7. The SMILES string of the molecule is CC1CN(C(=O)[C@H]2Cc3ccccc3CN2)CC(C)O1. The van der Waals surface area contributed by atoms with Crippen molar-refractivity contribution in [3.8, 4) is 0 Å². The van der Waals surface area contributed by atoms with E-state index in [0.717, 1.165) is 13.0 Å². The zero-order valence-electron chi connectivity index (χ0n) is 12.1. The van der Waals surface area contributed by atoms with E-state index in [1.54, 1.807) is 0 Å². The highest BCUT2D eigenvalue weighted by Gasteiger charge is 2.32. The van der Waals surface area contributed by atoms with Crippen LogP contribution >= 0.6 is 0 Å². The van der Waals surface area contributed by atoms with Gasteiger partial charge in [0.15, 0.2) is 0 Å². The Hall–Kier alpha value is -1.39. The summed E-state index contributed by atoms with van der Waals surface area (Å²) >= 11 is 0. The van der Waals surface area contributed by atoms with Crippen molar-refractivity contribution in [3.63, 3.8) is 0 Å². The van der Waals surface area contributed by atoms with Gasteiger partial charge < -0.3 is 15.0 Å². The molecule has 1 amide bonds. The molecular weight excluding hydrogens is 252 g/mol. The Kier molecular flexibility index (Phi) is 3.76. The van der Waals surface area contributed by atoms with Gasteiger partial charge in [-0.05, 0) is 31.4 Å². The molecule has 1 aromatic rings. The van der Waals surface area contributed by atoms with Gasteiger partial charge in [-0.2, -0.15) is 0 Å². The second kappa shape index (κ2) is 5.54. The highest BCUT2D eigenvalue weighted by molar-refractivity contribution is 5.82. The number of nitrogens with one attached hydrogen (secondary N) is 1. The predicted molar refractivity (Wildman–Crippen MR) is 77.4 cm³/mol. The van der Waals surface area contributed by atoms with Gasteiger partial charge in [-0.1, -0.05) is 24.3 Å². The number of rotatable bonds is 1. The van der Waals surface area contributed by atoms with Crippen LogP contribution in [-0.4, -0.2) is 42.1 Å². The Bertz CT molecular complexity index is 493. The maximum absolute atomic E-state index is 12.7. The molecule has 4 heteroatoms. The number of ether oxygens (including phenoxy) is 1. The summed E-state index contributed by atoms with van der Waals surface area (Å²) < 4.78 is 5.70. The summed E-state index contributed by atoms with van der Waals surface area (Å²) in [6.07, 6.45) is 1.03. The average Bonchev–Trinajstić information content (AvgIpc) is 2.45. The fourth-order valence-electron chi connectivity index (χ4n) is 3.21. The molecule has 3 rings (SSSR count). The van der Waals surface area contributed by atoms with Gasteiger partial charge in [0.05, 0.1) is 18.2 Å². The lowest BCUT2D eigenvalue weighted by atomic mass is 9.95. The first kappa shape index (κ1) is 13.6. The monoisotopic (exact) mass is 274 g/mol. The molecule has 2 aliphatic heterocycles. The maximum Gasteiger partial charge on any atom is 0.240 e. The number of carbonyl (C=O) groups excluding carboxylic acids is 1. The molecule has 2 aliphatic rings. The highest BCUT2D eigenvalue weighted by Crippen LogP contribution is 2.19. The molecular formula is C16H22N2O2. The van der Waals surface area contributed by atoms with E-state index in [9.17, 15) is 4.79 Å². The Morgan fingerprint density at radius 1 is 1.20 bits per heavy atom. The van der Waals surface area contributed by atoms with E-state index < -0.39 is 0 Å². The van der Waals surface area contributed by atoms with Crippen molar-refractivity contribution in [2.24, 2.45) is 0 Å². The minimum Gasteiger partial charge on any atom is -0.372 e. The molecule has 2 heterocycles. The number of amides is 1. The first-order valence-corrected chi connectivity index (χ1v) is 7.38. The first-order chi connectivity index (χ1) is 9.63. The van der Waals surface area contributed by atoms with Gasteiger partial charge in [0.1, 0.15) is 0 Å². The van der Waals surface area contributed by atoms with Gasteiger partial charge in [0.25, 0.3) is 0 Å². The summed E-state index contributed by atoms with van der Waals surface area (Å²) in [6, 6.07) is 8.25. The smallest absolute Gasteiger partial charge is 0.240 e. The van der Waals surface area contributed by atoms with Crippen LogP contribution < -0.4 is 5.32 Å². The van der Waals surface area contributed by atoms with Crippen LogP contribution in [0, 0.1) is 0 Å². The molecule has 1 fully saturated rings. The van der Waals surface area contributed by atoms with Gasteiger partial charge in [-0.15, -0.1) is 0 Å². The normalized spacial score (nSPS) is 29.9. The van der Waals surface area contributed by atoms with Crippen molar-refractivity contribution in [2.75, 3.05) is 13.1 Å². The van der Waals surface area contributed by atoms with E-state index in [2.05, 4.69) is 17.4 Å². The van der Waals surface area contributed by atoms with E-state index in [1.807, 2.05) is 30.9 Å². The fourth-order valence-corrected chi connectivity index (χ4v) is 3.21. The number of nitrogens with zero attached hydrogens (tertiary/aromatic N) is 1. The lowest BCUT2D eigenvalue weighted by molar-refractivity contribution is -0.145. The van der Waals surface area contributed by atoms with Crippen molar-refractivity contribution in [1.29, 1.82) is 0 Å². The third-order valence-corrected chi connectivity index (χ3v) is 4.11. The molecule has 0 saturated carbocycles. The van der Waals surface area contributed by atoms with E-state index in [-0.39, 0.29) is 24.2 Å². The summed E-state index contributed by atoms with van der Waals surface area (Å²) in [7, 11) is 0. The molecule has 1 N–H and O–H groups in total. The number of hydrogen-bond acceptors (Lipinski definition) is 3. The average molecular weight is 274 g/mol. The van der Waals surface area contributed by atoms with Crippen LogP contribution in [0.15, 0.2) is 24.3 Å². The summed E-state index contributed by atoms with van der Waals surface area (Å²) in [4.78, 5) is 14.6. The van der Waals surface area contributed by atoms with Crippen LogP contribution in [0.5, 0.6) is 0 Å². The lowest BCUT2D eigenvalue weighted by Gasteiger charge is -2.38. The molecule has 2 unspecified atom stereocenters. The zero-order chi connectivity index (χ0) is 14.1. The molecule has 3 atom stereocenters. The summed E-state index contributed by atoms with van der Waals surface area (Å²) in [5.41, 5.74) is 2.60. The van der Waals surface area contributed by atoms with Crippen molar-refractivity contribution < 1.29 is 9.53 Å². The van der Waals surface area contributed by atoms with Gasteiger partial charge >= 0.3 is 0 Å². The second-order valence-corrected chi connectivity index (χ2v) is 5.91. The van der Waals surface area contributed by atoms with E-state index in [4.69, 9.17) is 4.74 Å². The van der Waals surface area contributed by atoms with Gasteiger partial charge in [0.2, 0.25) is 5.91 Å². The Labute approximate surface area is 120 Å². The molecule has 108 valence electrons. The minimum absolute atomic E-state index is 0.0950. The molecule has 1 saturated heterocycles. The van der Waals surface area contributed by atoms with Crippen LogP contribution in [0.3, 0.4) is 0 Å². The quantitative estimate of drug-likeness (QED) is 0.840. The molecule has 4 nitrogen and oxygen atoms in total. The molecule has 0 aliphatic carbocycles. The molecule has 0 radical (unpaired) electrons. The van der Waals surface area contributed by atoms with Crippen LogP contribution in [0.2, 0.25) is 0 Å². The number of benzene rings is 1.